The smallest absolute Gasteiger partial charge is 0.402 e. The summed E-state index contributed by atoms with van der Waals surface area (Å²) in [6.45, 7) is 0. The Balaban J connectivity index is 3.30. The number of rotatable bonds is 2. The van der Waals surface area contributed by atoms with E-state index in [1.165, 1.54) is 0 Å². The third-order valence-corrected chi connectivity index (χ3v) is 2.07. The van der Waals surface area contributed by atoms with E-state index in [1.54, 1.807) is 0 Å². The number of hydrogen-bond acceptors (Lipinski definition) is 3. The molecule has 1 heterocycles. The molecule has 0 saturated heterocycles. The Morgan fingerprint density at radius 2 is 2.06 bits per heavy atom. The molecule has 0 bridgehead atoms. The van der Waals surface area contributed by atoms with Crippen molar-refractivity contribution in [1.29, 1.82) is 0 Å². The fourth-order valence-electron chi connectivity index (χ4n) is 0.819. The van der Waals surface area contributed by atoms with Gasteiger partial charge in [-0.2, -0.15) is 4.39 Å². The second kappa shape index (κ2) is 4.54. The predicted octanol–water partition coefficient (Wildman–Crippen LogP) is 3.26. The molecule has 0 saturated carbocycles. The van der Waals surface area contributed by atoms with E-state index in [0.29, 0.717) is 6.07 Å². The highest BCUT2D eigenvalue weighted by molar-refractivity contribution is 9.10. The van der Waals surface area contributed by atoms with Crippen LogP contribution in [0.25, 0.3) is 0 Å². The first-order valence-corrected chi connectivity index (χ1v) is 4.69. The average Bonchev–Trinajstić information content (AvgIpc) is 2.07. The largest absolute Gasteiger partial charge is 0.573 e. The summed E-state index contributed by atoms with van der Waals surface area (Å²) in [6, 6.07) is 0.615. The van der Waals surface area contributed by atoms with Gasteiger partial charge in [-0.25, -0.2) is 4.98 Å². The summed E-state index contributed by atoms with van der Waals surface area (Å²) in [5.74, 6) is -2.14. The van der Waals surface area contributed by atoms with Crippen molar-refractivity contribution < 1.29 is 27.1 Å². The lowest BCUT2D eigenvalue weighted by Crippen LogP contribution is -2.19. The summed E-state index contributed by atoms with van der Waals surface area (Å²) in [4.78, 5) is 13.6. The van der Waals surface area contributed by atoms with Gasteiger partial charge in [0.25, 0.3) is 5.24 Å². The van der Waals surface area contributed by atoms with Gasteiger partial charge in [0.2, 0.25) is 5.95 Å². The van der Waals surface area contributed by atoms with Crippen LogP contribution in [-0.4, -0.2) is 16.6 Å². The molecule has 3 nitrogen and oxygen atoms in total. The van der Waals surface area contributed by atoms with Crippen LogP contribution in [0, 0.1) is 5.95 Å². The van der Waals surface area contributed by atoms with Crippen LogP contribution in [0.1, 0.15) is 10.5 Å². The van der Waals surface area contributed by atoms with Crippen LogP contribution < -0.4 is 4.74 Å². The van der Waals surface area contributed by atoms with Gasteiger partial charge in [-0.1, -0.05) is 0 Å². The van der Waals surface area contributed by atoms with E-state index in [1.807, 2.05) is 0 Å². The van der Waals surface area contributed by atoms with E-state index in [9.17, 15) is 22.4 Å². The molecular formula is C7HBrClF4NO2. The Kier molecular flexibility index (Phi) is 3.74. The summed E-state index contributed by atoms with van der Waals surface area (Å²) in [6.07, 6.45) is -5.04. The minimum atomic E-state index is -5.04. The van der Waals surface area contributed by atoms with E-state index >= 15 is 0 Å². The molecule has 0 atom stereocenters. The van der Waals surface area contributed by atoms with Gasteiger partial charge in [-0.05, 0) is 27.5 Å². The van der Waals surface area contributed by atoms with Crippen molar-refractivity contribution in [3.63, 3.8) is 0 Å². The van der Waals surface area contributed by atoms with Crippen LogP contribution in [0.3, 0.4) is 0 Å². The lowest BCUT2D eigenvalue weighted by molar-refractivity contribution is -0.275. The zero-order valence-electron chi connectivity index (χ0n) is 7.11. The average molecular weight is 322 g/mol. The van der Waals surface area contributed by atoms with Crippen molar-refractivity contribution in [2.45, 2.75) is 6.36 Å². The van der Waals surface area contributed by atoms with Crippen LogP contribution in [0.2, 0.25) is 0 Å². The summed E-state index contributed by atoms with van der Waals surface area (Å²) < 4.78 is 51.6. The number of carbonyl (C=O) groups is 1. The van der Waals surface area contributed by atoms with E-state index in [4.69, 9.17) is 11.6 Å². The van der Waals surface area contributed by atoms with Crippen LogP contribution in [0.4, 0.5) is 17.6 Å². The summed E-state index contributed by atoms with van der Waals surface area (Å²) in [5, 5.41) is -1.36. The first-order valence-electron chi connectivity index (χ1n) is 3.52. The van der Waals surface area contributed by atoms with Gasteiger partial charge >= 0.3 is 6.36 Å². The van der Waals surface area contributed by atoms with Crippen LogP contribution >= 0.6 is 27.5 Å². The van der Waals surface area contributed by atoms with Gasteiger partial charge in [0.05, 0.1) is 4.47 Å². The number of halogens is 6. The van der Waals surface area contributed by atoms with E-state index < -0.39 is 33.5 Å². The monoisotopic (exact) mass is 321 g/mol. The maximum absolute atomic E-state index is 12.7. The standard InChI is InChI=1S/C7HBrClF4NO2/c8-2-1-3(10)14-4(6(9)15)5(2)16-7(11,12)13/h1H. The zero-order valence-corrected chi connectivity index (χ0v) is 9.45. The normalized spacial score (nSPS) is 11.4. The summed E-state index contributed by atoms with van der Waals surface area (Å²) in [5.41, 5.74) is -0.953. The maximum atomic E-state index is 12.7. The molecule has 88 valence electrons. The molecule has 0 radical (unpaired) electrons. The Morgan fingerprint density at radius 1 is 1.50 bits per heavy atom. The van der Waals surface area contributed by atoms with Crippen LogP contribution in [0.15, 0.2) is 10.5 Å². The summed E-state index contributed by atoms with van der Waals surface area (Å²) in [7, 11) is 0. The number of alkyl halides is 3. The molecule has 0 aliphatic carbocycles. The van der Waals surface area contributed by atoms with Gasteiger partial charge in [-0.15, -0.1) is 13.2 Å². The Hall–Kier alpha value is -0.890. The lowest BCUT2D eigenvalue weighted by atomic mass is 10.3. The van der Waals surface area contributed by atoms with Crippen molar-refractivity contribution in [3.05, 3.63) is 22.2 Å². The quantitative estimate of drug-likeness (QED) is 0.477. The molecule has 1 rings (SSSR count). The van der Waals surface area contributed by atoms with Crippen molar-refractivity contribution >= 4 is 32.8 Å². The molecule has 9 heteroatoms. The second-order valence-electron chi connectivity index (χ2n) is 2.43. The Labute approximate surface area is 99.5 Å². The second-order valence-corrected chi connectivity index (χ2v) is 3.62. The minimum Gasteiger partial charge on any atom is -0.402 e. The number of pyridine rings is 1. The molecule has 0 fully saturated rings. The molecular weight excluding hydrogens is 321 g/mol. The van der Waals surface area contributed by atoms with Gasteiger partial charge in [-0.3, -0.25) is 4.79 Å². The van der Waals surface area contributed by atoms with E-state index in [2.05, 4.69) is 25.7 Å². The molecule has 1 aromatic heterocycles. The first kappa shape index (κ1) is 13.2. The Bertz CT molecular complexity index is 437. The molecule has 16 heavy (non-hydrogen) atoms. The SMILES string of the molecule is O=C(Cl)c1nc(F)cc(Br)c1OC(F)(F)F. The summed E-state index contributed by atoms with van der Waals surface area (Å²) >= 11 is 7.55. The molecule has 0 aromatic carbocycles. The van der Waals surface area contributed by atoms with Crippen LogP contribution in [-0.2, 0) is 0 Å². The highest BCUT2D eigenvalue weighted by atomic mass is 79.9. The Morgan fingerprint density at radius 3 is 2.50 bits per heavy atom. The van der Waals surface area contributed by atoms with Gasteiger partial charge in [0, 0.05) is 6.07 Å². The zero-order chi connectivity index (χ0) is 12.5. The number of ether oxygens (including phenoxy) is 1. The highest BCUT2D eigenvalue weighted by Crippen LogP contribution is 2.33. The number of carbonyl (C=O) groups excluding carboxylic acids is 1. The van der Waals surface area contributed by atoms with Crippen LogP contribution in [0.5, 0.6) is 5.75 Å². The lowest BCUT2D eigenvalue weighted by Gasteiger charge is -2.12. The van der Waals surface area contributed by atoms with Gasteiger partial charge in [0.1, 0.15) is 0 Å². The number of aromatic nitrogens is 1. The molecule has 0 unspecified atom stereocenters. The molecule has 0 aliphatic heterocycles. The van der Waals surface area contributed by atoms with E-state index in [0.717, 1.165) is 0 Å². The molecule has 1 aromatic rings. The topological polar surface area (TPSA) is 39.2 Å². The molecule has 0 amide bonds. The fraction of sp³-hybridized carbons (Fsp3) is 0.143. The third kappa shape index (κ3) is 3.31. The van der Waals surface area contributed by atoms with Crippen molar-refractivity contribution in [2.24, 2.45) is 0 Å². The number of nitrogens with zero attached hydrogens (tertiary/aromatic N) is 1. The minimum absolute atomic E-state index is 0.415. The molecule has 0 spiro atoms. The van der Waals surface area contributed by atoms with Crippen molar-refractivity contribution in [2.75, 3.05) is 0 Å². The van der Waals surface area contributed by atoms with Crippen molar-refractivity contribution in [3.8, 4) is 5.75 Å². The third-order valence-electron chi connectivity index (χ3n) is 1.30. The molecule has 0 N–H and O–H groups in total. The van der Waals surface area contributed by atoms with Gasteiger partial charge < -0.3 is 4.74 Å². The highest BCUT2D eigenvalue weighted by Gasteiger charge is 2.34. The van der Waals surface area contributed by atoms with Crippen molar-refractivity contribution in [1.82, 2.24) is 4.98 Å². The predicted molar refractivity (Wildman–Crippen MR) is 48.8 cm³/mol. The maximum Gasteiger partial charge on any atom is 0.573 e. The fourth-order valence-corrected chi connectivity index (χ4v) is 1.40. The van der Waals surface area contributed by atoms with E-state index in [-0.39, 0.29) is 0 Å². The molecule has 0 aliphatic rings. The number of hydrogen-bond donors (Lipinski definition) is 0. The van der Waals surface area contributed by atoms with Gasteiger partial charge in [0.15, 0.2) is 11.4 Å². The first-order chi connectivity index (χ1) is 7.20.